The van der Waals surface area contributed by atoms with Crippen molar-refractivity contribution in [1.82, 2.24) is 0 Å². The van der Waals surface area contributed by atoms with Crippen molar-refractivity contribution < 1.29 is 4.79 Å². The molecule has 0 aromatic carbocycles. The molecule has 0 aromatic heterocycles. The zero-order chi connectivity index (χ0) is 12.6. The van der Waals surface area contributed by atoms with Crippen LogP contribution in [0.1, 0.15) is 71.1 Å². The number of aldehydes is 1. The van der Waals surface area contributed by atoms with Crippen LogP contribution < -0.4 is 0 Å². The molecule has 98 valence electrons. The van der Waals surface area contributed by atoms with Gasteiger partial charge >= 0.3 is 0 Å². The molecule has 0 atom stereocenters. The van der Waals surface area contributed by atoms with Gasteiger partial charge in [0, 0.05) is 6.42 Å². The minimum atomic E-state index is 0.749. The summed E-state index contributed by atoms with van der Waals surface area (Å²) >= 11 is 0. The molecule has 0 spiro atoms. The fraction of sp³-hybridized carbons (Fsp3) is 0.688. The highest BCUT2D eigenvalue weighted by Crippen LogP contribution is 2.10. The van der Waals surface area contributed by atoms with E-state index in [-0.39, 0.29) is 0 Å². The van der Waals surface area contributed by atoms with Crippen molar-refractivity contribution in [3.63, 3.8) is 0 Å². The standard InChI is InChI=1S/C16H28O/c1-2-3-4-5-6-7-8-9-10-11-12-13-14-15-16-17/h2-5,16H,6-15H2,1H3/b3-2+,5-4+. The second-order valence-electron chi connectivity index (χ2n) is 4.53. The molecule has 1 heteroatoms. The maximum Gasteiger partial charge on any atom is 0.119 e. The predicted octanol–water partition coefficient (Wildman–Crippen LogP) is 5.22. The van der Waals surface area contributed by atoms with Gasteiger partial charge in [-0.05, 0) is 26.2 Å². The van der Waals surface area contributed by atoms with Crippen LogP contribution in [0.15, 0.2) is 24.3 Å². The van der Waals surface area contributed by atoms with E-state index in [0.717, 1.165) is 19.1 Å². The van der Waals surface area contributed by atoms with Crippen LogP contribution >= 0.6 is 0 Å². The molecule has 1 nitrogen and oxygen atoms in total. The summed E-state index contributed by atoms with van der Waals surface area (Å²) in [6, 6.07) is 0. The Morgan fingerprint density at radius 2 is 1.24 bits per heavy atom. The smallest absolute Gasteiger partial charge is 0.119 e. The van der Waals surface area contributed by atoms with E-state index < -0.39 is 0 Å². The summed E-state index contributed by atoms with van der Waals surface area (Å²) in [5, 5.41) is 0. The van der Waals surface area contributed by atoms with Gasteiger partial charge in [-0.1, -0.05) is 62.8 Å². The first kappa shape index (κ1) is 16.1. The normalized spacial score (nSPS) is 11.6. The van der Waals surface area contributed by atoms with Gasteiger partial charge in [-0.15, -0.1) is 0 Å². The maximum atomic E-state index is 10.1. The Kier molecular flexibility index (Phi) is 14.4. The molecule has 0 aromatic rings. The molecule has 0 aliphatic carbocycles. The molecule has 0 saturated heterocycles. The molecule has 0 heterocycles. The Morgan fingerprint density at radius 1 is 0.706 bits per heavy atom. The average Bonchev–Trinajstić information content (AvgIpc) is 2.35. The van der Waals surface area contributed by atoms with E-state index in [9.17, 15) is 4.79 Å². The molecule has 17 heavy (non-hydrogen) atoms. The predicted molar refractivity (Wildman–Crippen MR) is 76.2 cm³/mol. The van der Waals surface area contributed by atoms with E-state index in [0.29, 0.717) is 0 Å². The SMILES string of the molecule is C/C=C/C=C/CCCCCCCCCCC=O. The number of hydrogen-bond acceptors (Lipinski definition) is 1. The number of unbranched alkanes of at least 4 members (excludes halogenated alkanes) is 9. The van der Waals surface area contributed by atoms with Gasteiger partial charge in [-0.3, -0.25) is 0 Å². The third kappa shape index (κ3) is 15.1. The number of carbonyl (C=O) groups is 1. The van der Waals surface area contributed by atoms with E-state index in [1.165, 1.54) is 51.4 Å². The van der Waals surface area contributed by atoms with Gasteiger partial charge in [0.15, 0.2) is 0 Å². The minimum absolute atomic E-state index is 0.749. The average molecular weight is 236 g/mol. The molecular weight excluding hydrogens is 208 g/mol. The zero-order valence-corrected chi connectivity index (χ0v) is 11.4. The van der Waals surface area contributed by atoms with E-state index in [2.05, 4.69) is 24.3 Å². The van der Waals surface area contributed by atoms with Gasteiger partial charge < -0.3 is 4.79 Å². The Balaban J connectivity index is 3.01. The molecule has 0 aliphatic rings. The van der Waals surface area contributed by atoms with Crippen LogP contribution in [0.5, 0.6) is 0 Å². The molecule has 0 unspecified atom stereocenters. The van der Waals surface area contributed by atoms with Gasteiger partial charge in [0.25, 0.3) is 0 Å². The lowest BCUT2D eigenvalue weighted by atomic mass is 10.1. The van der Waals surface area contributed by atoms with Gasteiger partial charge in [0.2, 0.25) is 0 Å². The summed E-state index contributed by atoms with van der Waals surface area (Å²) in [6.45, 7) is 2.04. The Hall–Kier alpha value is -0.850. The summed E-state index contributed by atoms with van der Waals surface area (Å²) in [7, 11) is 0. The summed E-state index contributed by atoms with van der Waals surface area (Å²) < 4.78 is 0. The summed E-state index contributed by atoms with van der Waals surface area (Å²) in [5.41, 5.74) is 0. The lowest BCUT2D eigenvalue weighted by molar-refractivity contribution is -0.107. The number of rotatable bonds is 12. The number of allylic oxidation sites excluding steroid dienone is 4. The topological polar surface area (TPSA) is 17.1 Å². The third-order valence-electron chi connectivity index (χ3n) is 2.88. The molecule has 0 bridgehead atoms. The maximum absolute atomic E-state index is 10.1. The van der Waals surface area contributed by atoms with Crippen LogP contribution in [0.4, 0.5) is 0 Å². The Morgan fingerprint density at radius 3 is 1.76 bits per heavy atom. The zero-order valence-electron chi connectivity index (χ0n) is 11.4. The number of carbonyl (C=O) groups excluding carboxylic acids is 1. The number of hydrogen-bond donors (Lipinski definition) is 0. The summed E-state index contributed by atoms with van der Waals surface area (Å²) in [4.78, 5) is 10.1. The van der Waals surface area contributed by atoms with Crippen LogP contribution in [0.2, 0.25) is 0 Å². The van der Waals surface area contributed by atoms with Gasteiger partial charge in [-0.2, -0.15) is 0 Å². The third-order valence-corrected chi connectivity index (χ3v) is 2.88. The van der Waals surface area contributed by atoms with E-state index in [1.54, 1.807) is 0 Å². The molecule has 0 saturated carbocycles. The molecular formula is C16H28O. The van der Waals surface area contributed by atoms with E-state index >= 15 is 0 Å². The lowest BCUT2D eigenvalue weighted by Crippen LogP contribution is -1.82. The molecule has 0 N–H and O–H groups in total. The van der Waals surface area contributed by atoms with Crippen molar-refractivity contribution in [1.29, 1.82) is 0 Å². The first-order valence-electron chi connectivity index (χ1n) is 7.13. The van der Waals surface area contributed by atoms with E-state index in [4.69, 9.17) is 0 Å². The Bertz CT molecular complexity index is 204. The van der Waals surface area contributed by atoms with Crippen molar-refractivity contribution in [2.75, 3.05) is 0 Å². The molecule has 0 fully saturated rings. The lowest BCUT2D eigenvalue weighted by Gasteiger charge is -2.00. The highest BCUT2D eigenvalue weighted by atomic mass is 16.1. The Labute approximate surface area is 107 Å². The monoisotopic (exact) mass is 236 g/mol. The van der Waals surface area contributed by atoms with E-state index in [1.807, 2.05) is 6.92 Å². The quantitative estimate of drug-likeness (QED) is 0.258. The fourth-order valence-electron chi connectivity index (χ4n) is 1.84. The summed E-state index contributed by atoms with van der Waals surface area (Å²) in [6.07, 6.45) is 21.9. The van der Waals surface area contributed by atoms with Crippen molar-refractivity contribution in [2.24, 2.45) is 0 Å². The molecule has 0 aliphatic heterocycles. The van der Waals surface area contributed by atoms with Crippen LogP contribution in [0, 0.1) is 0 Å². The molecule has 0 radical (unpaired) electrons. The highest BCUT2D eigenvalue weighted by molar-refractivity contribution is 5.48. The van der Waals surface area contributed by atoms with Crippen LogP contribution in [-0.2, 0) is 4.79 Å². The second kappa shape index (κ2) is 15.1. The van der Waals surface area contributed by atoms with Gasteiger partial charge in [0.05, 0.1) is 0 Å². The largest absolute Gasteiger partial charge is 0.303 e. The molecule has 0 amide bonds. The van der Waals surface area contributed by atoms with Crippen molar-refractivity contribution in [3.05, 3.63) is 24.3 Å². The highest BCUT2D eigenvalue weighted by Gasteiger charge is 1.91. The molecule has 0 rings (SSSR count). The van der Waals surface area contributed by atoms with Crippen molar-refractivity contribution in [2.45, 2.75) is 71.1 Å². The van der Waals surface area contributed by atoms with Gasteiger partial charge in [-0.25, -0.2) is 0 Å². The minimum Gasteiger partial charge on any atom is -0.303 e. The first-order chi connectivity index (χ1) is 8.41. The van der Waals surface area contributed by atoms with Gasteiger partial charge in [0.1, 0.15) is 6.29 Å². The van der Waals surface area contributed by atoms with Crippen LogP contribution in [-0.4, -0.2) is 6.29 Å². The first-order valence-corrected chi connectivity index (χ1v) is 7.13. The van der Waals surface area contributed by atoms with Crippen LogP contribution in [0.25, 0.3) is 0 Å². The second-order valence-corrected chi connectivity index (χ2v) is 4.53. The van der Waals surface area contributed by atoms with Crippen molar-refractivity contribution in [3.8, 4) is 0 Å². The van der Waals surface area contributed by atoms with Crippen LogP contribution in [0.3, 0.4) is 0 Å². The summed E-state index contributed by atoms with van der Waals surface area (Å²) in [5.74, 6) is 0. The fourth-order valence-corrected chi connectivity index (χ4v) is 1.84. The van der Waals surface area contributed by atoms with Crippen molar-refractivity contribution >= 4 is 6.29 Å².